The van der Waals surface area contributed by atoms with Gasteiger partial charge in [0.2, 0.25) is 0 Å². The molecule has 1 heterocycles. The molecule has 0 saturated carbocycles. The highest BCUT2D eigenvalue weighted by Gasteiger charge is 2.38. The number of ether oxygens (including phenoxy) is 2. The zero-order chi connectivity index (χ0) is 15.1. The van der Waals surface area contributed by atoms with Crippen molar-refractivity contribution in [2.24, 2.45) is 0 Å². The van der Waals surface area contributed by atoms with Crippen LogP contribution in [0.3, 0.4) is 0 Å². The molecule has 0 radical (unpaired) electrons. The Hall–Kier alpha value is -2.24. The maximum Gasteiger partial charge on any atom is 0.348 e. The highest BCUT2D eigenvalue weighted by atomic mass is 19.1. The van der Waals surface area contributed by atoms with Crippen LogP contribution in [0.25, 0.3) is 6.08 Å². The molecule has 1 fully saturated rings. The lowest BCUT2D eigenvalue weighted by molar-refractivity contribution is -0.222. The van der Waals surface area contributed by atoms with Crippen LogP contribution in [0, 0.1) is 18.6 Å². The van der Waals surface area contributed by atoms with Gasteiger partial charge in [0, 0.05) is 25.5 Å². The molecule has 4 nitrogen and oxygen atoms in total. The van der Waals surface area contributed by atoms with Crippen molar-refractivity contribution in [1.29, 1.82) is 0 Å². The standard InChI is InChI=1S/C14H12F2O4/c1-7-4-8(11(16)6-10(7)15)5-9-12(17)19-14(2,3)20-13(9)18/h4-6H,1-3H3. The Morgan fingerprint density at radius 1 is 1.05 bits per heavy atom. The summed E-state index contributed by atoms with van der Waals surface area (Å²) in [7, 11) is 0. The largest absolute Gasteiger partial charge is 0.419 e. The van der Waals surface area contributed by atoms with E-state index in [9.17, 15) is 18.4 Å². The van der Waals surface area contributed by atoms with Gasteiger partial charge >= 0.3 is 11.9 Å². The minimum Gasteiger partial charge on any atom is -0.419 e. The second-order valence-corrected chi connectivity index (χ2v) is 4.86. The third-order valence-corrected chi connectivity index (χ3v) is 2.69. The average Bonchev–Trinajstić information content (AvgIpc) is 2.28. The van der Waals surface area contributed by atoms with Gasteiger partial charge in [0.25, 0.3) is 5.79 Å². The zero-order valence-corrected chi connectivity index (χ0v) is 11.1. The fraction of sp³-hybridized carbons (Fsp3) is 0.286. The van der Waals surface area contributed by atoms with Crippen molar-refractivity contribution in [3.05, 3.63) is 40.5 Å². The molecular weight excluding hydrogens is 270 g/mol. The minimum absolute atomic E-state index is 0.0903. The summed E-state index contributed by atoms with van der Waals surface area (Å²) >= 11 is 0. The van der Waals surface area contributed by atoms with Crippen molar-refractivity contribution in [3.63, 3.8) is 0 Å². The highest BCUT2D eigenvalue weighted by Crippen LogP contribution is 2.25. The van der Waals surface area contributed by atoms with Gasteiger partial charge in [0.15, 0.2) is 0 Å². The van der Waals surface area contributed by atoms with Crippen LogP contribution in [0.2, 0.25) is 0 Å². The van der Waals surface area contributed by atoms with E-state index in [0.717, 1.165) is 6.08 Å². The van der Waals surface area contributed by atoms with Crippen molar-refractivity contribution in [2.75, 3.05) is 0 Å². The van der Waals surface area contributed by atoms with Gasteiger partial charge in [-0.15, -0.1) is 0 Å². The predicted octanol–water partition coefficient (Wildman–Crippen LogP) is 2.49. The Labute approximate surface area is 114 Å². The van der Waals surface area contributed by atoms with Gasteiger partial charge in [0.05, 0.1) is 0 Å². The number of hydrogen-bond donors (Lipinski definition) is 0. The van der Waals surface area contributed by atoms with E-state index in [2.05, 4.69) is 0 Å². The molecule has 1 saturated heterocycles. The fourth-order valence-electron chi connectivity index (χ4n) is 1.72. The number of cyclic esters (lactones) is 2. The lowest BCUT2D eigenvalue weighted by Gasteiger charge is -2.29. The van der Waals surface area contributed by atoms with Crippen LogP contribution in [0.5, 0.6) is 0 Å². The number of halogens is 2. The van der Waals surface area contributed by atoms with Gasteiger partial charge in [-0.05, 0) is 24.6 Å². The first kappa shape index (κ1) is 14.2. The predicted molar refractivity (Wildman–Crippen MR) is 65.3 cm³/mol. The van der Waals surface area contributed by atoms with Gasteiger partial charge in [-0.25, -0.2) is 18.4 Å². The summed E-state index contributed by atoms with van der Waals surface area (Å²) in [5.41, 5.74) is -0.335. The number of aryl methyl sites for hydroxylation is 1. The van der Waals surface area contributed by atoms with Gasteiger partial charge in [-0.1, -0.05) is 0 Å². The van der Waals surface area contributed by atoms with Crippen LogP contribution < -0.4 is 0 Å². The number of carbonyl (C=O) groups excluding carboxylic acids is 2. The van der Waals surface area contributed by atoms with E-state index in [4.69, 9.17) is 9.47 Å². The van der Waals surface area contributed by atoms with Gasteiger partial charge in [-0.2, -0.15) is 0 Å². The summed E-state index contributed by atoms with van der Waals surface area (Å²) in [5, 5.41) is 0. The van der Waals surface area contributed by atoms with E-state index in [1.54, 1.807) is 0 Å². The molecule has 1 aliphatic rings. The maximum atomic E-state index is 13.6. The molecule has 1 aromatic carbocycles. The molecule has 0 amide bonds. The summed E-state index contributed by atoms with van der Waals surface area (Å²) in [5.74, 6) is -4.77. The van der Waals surface area contributed by atoms with E-state index < -0.39 is 34.9 Å². The van der Waals surface area contributed by atoms with E-state index in [0.29, 0.717) is 6.07 Å². The molecule has 0 unspecified atom stereocenters. The Bertz CT molecular complexity index is 610. The zero-order valence-electron chi connectivity index (χ0n) is 11.1. The Balaban J connectivity index is 2.43. The second kappa shape index (κ2) is 4.70. The molecule has 0 bridgehead atoms. The maximum absolute atomic E-state index is 13.6. The van der Waals surface area contributed by atoms with Crippen LogP contribution in [0.1, 0.15) is 25.0 Å². The summed E-state index contributed by atoms with van der Waals surface area (Å²) in [6, 6.07) is 1.88. The summed E-state index contributed by atoms with van der Waals surface area (Å²) in [6.45, 7) is 4.25. The molecule has 1 aromatic rings. The highest BCUT2D eigenvalue weighted by molar-refractivity contribution is 6.18. The number of esters is 2. The van der Waals surface area contributed by atoms with Crippen molar-refractivity contribution in [1.82, 2.24) is 0 Å². The summed E-state index contributed by atoms with van der Waals surface area (Å²) in [4.78, 5) is 23.4. The third kappa shape index (κ3) is 2.68. The van der Waals surface area contributed by atoms with Crippen molar-refractivity contribution in [3.8, 4) is 0 Å². The van der Waals surface area contributed by atoms with Gasteiger partial charge in [-0.3, -0.25) is 0 Å². The molecule has 20 heavy (non-hydrogen) atoms. The Morgan fingerprint density at radius 3 is 2.15 bits per heavy atom. The Kier molecular flexibility index (Phi) is 3.33. The Morgan fingerprint density at radius 2 is 1.60 bits per heavy atom. The van der Waals surface area contributed by atoms with Crippen LogP contribution in [0.4, 0.5) is 8.78 Å². The van der Waals surface area contributed by atoms with Gasteiger partial charge in [0.1, 0.15) is 17.2 Å². The van der Waals surface area contributed by atoms with Crippen molar-refractivity contribution < 1.29 is 27.8 Å². The molecule has 0 aliphatic carbocycles. The van der Waals surface area contributed by atoms with E-state index in [-0.39, 0.29) is 11.1 Å². The van der Waals surface area contributed by atoms with Crippen LogP contribution in [-0.2, 0) is 19.1 Å². The molecule has 6 heteroatoms. The first-order chi connectivity index (χ1) is 9.19. The van der Waals surface area contributed by atoms with Crippen molar-refractivity contribution in [2.45, 2.75) is 26.6 Å². The second-order valence-electron chi connectivity index (χ2n) is 4.86. The van der Waals surface area contributed by atoms with E-state index in [1.165, 1.54) is 26.8 Å². The quantitative estimate of drug-likeness (QED) is 0.451. The summed E-state index contributed by atoms with van der Waals surface area (Å²) < 4.78 is 36.5. The van der Waals surface area contributed by atoms with Crippen LogP contribution >= 0.6 is 0 Å². The molecule has 0 N–H and O–H groups in total. The number of carbonyl (C=O) groups is 2. The average molecular weight is 282 g/mol. The number of hydrogen-bond acceptors (Lipinski definition) is 4. The minimum atomic E-state index is -1.36. The molecule has 0 atom stereocenters. The van der Waals surface area contributed by atoms with E-state index >= 15 is 0 Å². The fourth-order valence-corrected chi connectivity index (χ4v) is 1.72. The molecular formula is C14H12F2O4. The SMILES string of the molecule is Cc1cc(C=C2C(=O)OC(C)(C)OC2=O)c(F)cc1F. The van der Waals surface area contributed by atoms with Gasteiger partial charge < -0.3 is 9.47 Å². The molecule has 1 aliphatic heterocycles. The molecule has 2 rings (SSSR count). The normalized spacial score (nSPS) is 17.6. The summed E-state index contributed by atoms with van der Waals surface area (Å²) in [6.07, 6.45) is 0.988. The lowest BCUT2D eigenvalue weighted by Crippen LogP contribution is -2.41. The first-order valence-corrected chi connectivity index (χ1v) is 5.83. The lowest BCUT2D eigenvalue weighted by atomic mass is 10.1. The molecule has 0 aromatic heterocycles. The van der Waals surface area contributed by atoms with Crippen molar-refractivity contribution >= 4 is 18.0 Å². The third-order valence-electron chi connectivity index (χ3n) is 2.69. The van der Waals surface area contributed by atoms with Crippen LogP contribution in [-0.4, -0.2) is 17.7 Å². The van der Waals surface area contributed by atoms with Crippen LogP contribution in [0.15, 0.2) is 17.7 Å². The molecule has 0 spiro atoms. The number of rotatable bonds is 1. The first-order valence-electron chi connectivity index (χ1n) is 5.83. The monoisotopic (exact) mass is 282 g/mol. The number of benzene rings is 1. The molecule has 106 valence electrons. The van der Waals surface area contributed by atoms with E-state index in [1.807, 2.05) is 0 Å². The topological polar surface area (TPSA) is 52.6 Å². The smallest absolute Gasteiger partial charge is 0.348 e.